The number of hydrogen-bond acceptors (Lipinski definition) is 3. The van der Waals surface area contributed by atoms with Crippen molar-refractivity contribution in [1.29, 1.82) is 0 Å². The Kier molecular flexibility index (Phi) is 6.00. The third-order valence-electron chi connectivity index (χ3n) is 4.46. The van der Waals surface area contributed by atoms with Crippen molar-refractivity contribution >= 4 is 33.6 Å². The predicted molar refractivity (Wildman–Crippen MR) is 102 cm³/mol. The van der Waals surface area contributed by atoms with Gasteiger partial charge in [0.15, 0.2) is 5.16 Å². The normalized spacial score (nSPS) is 17.9. The lowest BCUT2D eigenvalue weighted by molar-refractivity contribution is -0.132. The van der Waals surface area contributed by atoms with Crippen LogP contribution < -0.4 is 0 Å². The number of halogens is 1. The van der Waals surface area contributed by atoms with Crippen molar-refractivity contribution in [2.24, 2.45) is 0 Å². The zero-order valence-electron chi connectivity index (χ0n) is 13.8. The number of rotatable bonds is 5. The molecule has 0 aliphatic carbocycles. The van der Waals surface area contributed by atoms with Gasteiger partial charge in [-0.1, -0.05) is 34.6 Å². The summed E-state index contributed by atoms with van der Waals surface area (Å²) >= 11 is 4.97. The molecule has 0 N–H and O–H groups in total. The molecular weight excluding hydrogens is 386 g/mol. The van der Waals surface area contributed by atoms with Gasteiger partial charge >= 0.3 is 0 Å². The summed E-state index contributed by atoms with van der Waals surface area (Å²) in [5, 5.41) is 0.857. The average Bonchev–Trinajstić information content (AvgIpc) is 3.08. The van der Waals surface area contributed by atoms with Crippen LogP contribution in [0.3, 0.4) is 0 Å². The van der Waals surface area contributed by atoms with Crippen LogP contribution >= 0.6 is 27.7 Å². The zero-order chi connectivity index (χ0) is 16.9. The first-order valence-corrected chi connectivity index (χ1v) is 10.2. The zero-order valence-corrected chi connectivity index (χ0v) is 16.2. The minimum atomic E-state index is 0.233. The number of imidazole rings is 1. The Morgan fingerprint density at radius 2 is 2.12 bits per heavy atom. The average molecular weight is 408 g/mol. The number of benzene rings is 1. The summed E-state index contributed by atoms with van der Waals surface area (Å²) in [5.74, 6) is 0.682. The van der Waals surface area contributed by atoms with E-state index in [-0.39, 0.29) is 5.91 Å². The van der Waals surface area contributed by atoms with Gasteiger partial charge in [-0.2, -0.15) is 0 Å². The maximum atomic E-state index is 12.6. The summed E-state index contributed by atoms with van der Waals surface area (Å²) in [6, 6.07) is 8.51. The van der Waals surface area contributed by atoms with E-state index in [1.165, 1.54) is 18.2 Å². The van der Waals surface area contributed by atoms with Crippen molar-refractivity contribution in [2.75, 3.05) is 12.3 Å². The maximum Gasteiger partial charge on any atom is 0.233 e. The summed E-state index contributed by atoms with van der Waals surface area (Å²) in [5.41, 5.74) is 1.05. The Hall–Kier alpha value is -1.27. The Balaban J connectivity index is 1.66. The van der Waals surface area contributed by atoms with Crippen LogP contribution in [0, 0.1) is 0 Å². The number of hydrogen-bond donors (Lipinski definition) is 0. The molecule has 1 aliphatic rings. The summed E-state index contributed by atoms with van der Waals surface area (Å²) in [6.45, 7) is 3.07. The highest BCUT2D eigenvalue weighted by atomic mass is 79.9. The van der Waals surface area contributed by atoms with E-state index in [4.69, 9.17) is 0 Å². The van der Waals surface area contributed by atoms with Crippen LogP contribution in [-0.2, 0) is 4.79 Å². The Morgan fingerprint density at radius 3 is 2.88 bits per heavy atom. The molecule has 1 aromatic heterocycles. The van der Waals surface area contributed by atoms with Gasteiger partial charge in [0, 0.05) is 35.1 Å². The van der Waals surface area contributed by atoms with Gasteiger partial charge < -0.3 is 4.90 Å². The van der Waals surface area contributed by atoms with Crippen LogP contribution in [0.15, 0.2) is 46.3 Å². The van der Waals surface area contributed by atoms with Crippen molar-refractivity contribution < 1.29 is 4.79 Å². The summed E-state index contributed by atoms with van der Waals surface area (Å²) < 4.78 is 3.07. The molecule has 24 heavy (non-hydrogen) atoms. The lowest BCUT2D eigenvalue weighted by Gasteiger charge is -2.35. The molecule has 1 saturated heterocycles. The molecule has 1 fully saturated rings. The molecule has 6 heteroatoms. The molecule has 2 aromatic rings. The number of carbonyl (C=O) groups is 1. The van der Waals surface area contributed by atoms with Crippen molar-refractivity contribution in [2.45, 2.75) is 43.8 Å². The van der Waals surface area contributed by atoms with E-state index in [9.17, 15) is 4.79 Å². The fourth-order valence-corrected chi connectivity index (χ4v) is 4.28. The van der Waals surface area contributed by atoms with Gasteiger partial charge in [0.25, 0.3) is 0 Å². The van der Waals surface area contributed by atoms with Crippen molar-refractivity contribution in [1.82, 2.24) is 14.5 Å². The largest absolute Gasteiger partial charge is 0.339 e. The van der Waals surface area contributed by atoms with E-state index in [0.29, 0.717) is 11.8 Å². The molecule has 128 valence electrons. The molecule has 1 aliphatic heterocycles. The summed E-state index contributed by atoms with van der Waals surface area (Å²) in [6.07, 6.45) is 8.27. The first kappa shape index (κ1) is 17.5. The van der Waals surface area contributed by atoms with Crippen LogP contribution in [0.1, 0.15) is 32.6 Å². The number of thioether (sulfide) groups is 1. The highest BCUT2D eigenvalue weighted by molar-refractivity contribution is 9.10. The first-order valence-electron chi connectivity index (χ1n) is 8.40. The van der Waals surface area contributed by atoms with Crippen LogP contribution in [0.5, 0.6) is 0 Å². The van der Waals surface area contributed by atoms with E-state index in [1.807, 2.05) is 35.0 Å². The second-order valence-electron chi connectivity index (χ2n) is 5.99. The van der Waals surface area contributed by atoms with E-state index < -0.39 is 0 Å². The van der Waals surface area contributed by atoms with Gasteiger partial charge in [-0.15, -0.1) is 0 Å². The molecule has 2 heterocycles. The minimum Gasteiger partial charge on any atom is -0.339 e. The lowest BCUT2D eigenvalue weighted by atomic mass is 10.0. The lowest BCUT2D eigenvalue weighted by Crippen LogP contribution is -2.44. The topological polar surface area (TPSA) is 38.1 Å². The van der Waals surface area contributed by atoms with Gasteiger partial charge in [-0.25, -0.2) is 4.98 Å². The minimum absolute atomic E-state index is 0.233. The molecule has 4 nitrogen and oxygen atoms in total. The molecule has 1 atom stereocenters. The smallest absolute Gasteiger partial charge is 0.233 e. The van der Waals surface area contributed by atoms with Crippen LogP contribution in [0.25, 0.3) is 5.69 Å². The number of piperidine rings is 1. The van der Waals surface area contributed by atoms with Crippen molar-refractivity contribution in [3.63, 3.8) is 0 Å². The number of amides is 1. The number of carbonyl (C=O) groups excluding carboxylic acids is 1. The molecule has 1 aromatic carbocycles. The molecule has 1 unspecified atom stereocenters. The highest BCUT2D eigenvalue weighted by Crippen LogP contribution is 2.24. The SMILES string of the molecule is CCC1CCCCN1C(=O)CSc1nccn1-c1ccc(Br)cc1. The second kappa shape index (κ2) is 8.21. The quantitative estimate of drug-likeness (QED) is 0.683. The standard InChI is InChI=1S/C18H22BrN3OS/c1-2-15-5-3-4-11-21(15)17(23)13-24-18-20-10-12-22(18)16-8-6-14(19)7-9-16/h6-10,12,15H,2-5,11,13H2,1H3. The third kappa shape index (κ3) is 4.03. The highest BCUT2D eigenvalue weighted by Gasteiger charge is 2.25. The van der Waals surface area contributed by atoms with Gasteiger partial charge in [0.1, 0.15) is 0 Å². The van der Waals surface area contributed by atoms with Crippen LogP contribution in [0.2, 0.25) is 0 Å². The van der Waals surface area contributed by atoms with Crippen LogP contribution in [-0.4, -0.2) is 38.7 Å². The summed E-state index contributed by atoms with van der Waals surface area (Å²) in [7, 11) is 0. The fraction of sp³-hybridized carbons (Fsp3) is 0.444. The van der Waals surface area contributed by atoms with Gasteiger partial charge in [-0.05, 0) is 49.9 Å². The van der Waals surface area contributed by atoms with Gasteiger partial charge in [0.05, 0.1) is 5.75 Å². The molecule has 0 radical (unpaired) electrons. The van der Waals surface area contributed by atoms with Gasteiger partial charge in [0.2, 0.25) is 5.91 Å². The number of nitrogens with zero attached hydrogens (tertiary/aromatic N) is 3. The van der Waals surface area contributed by atoms with Crippen molar-refractivity contribution in [3.8, 4) is 5.69 Å². The molecule has 0 bridgehead atoms. The van der Waals surface area contributed by atoms with Crippen LogP contribution in [0.4, 0.5) is 0 Å². The predicted octanol–water partition coefficient (Wildman–Crippen LogP) is 4.52. The monoisotopic (exact) mass is 407 g/mol. The van der Waals surface area contributed by atoms with E-state index in [1.54, 1.807) is 6.20 Å². The molecule has 0 spiro atoms. The van der Waals surface area contributed by atoms with E-state index in [0.717, 1.165) is 41.1 Å². The maximum absolute atomic E-state index is 12.6. The van der Waals surface area contributed by atoms with Gasteiger partial charge in [-0.3, -0.25) is 9.36 Å². The Labute approximate surface area is 155 Å². The fourth-order valence-electron chi connectivity index (χ4n) is 3.16. The third-order valence-corrected chi connectivity index (χ3v) is 5.94. The molecular formula is C18H22BrN3OS. The Morgan fingerprint density at radius 1 is 1.33 bits per heavy atom. The number of aromatic nitrogens is 2. The Bertz CT molecular complexity index is 686. The number of likely N-dealkylation sites (tertiary alicyclic amines) is 1. The molecule has 3 rings (SSSR count). The van der Waals surface area contributed by atoms with Crippen molar-refractivity contribution in [3.05, 3.63) is 41.1 Å². The van der Waals surface area contributed by atoms with E-state index in [2.05, 4.69) is 32.7 Å². The second-order valence-corrected chi connectivity index (χ2v) is 7.85. The first-order chi connectivity index (χ1) is 11.7. The molecule has 1 amide bonds. The summed E-state index contributed by atoms with van der Waals surface area (Å²) in [4.78, 5) is 19.1. The molecule has 0 saturated carbocycles. The van der Waals surface area contributed by atoms with E-state index >= 15 is 0 Å².